The van der Waals surface area contributed by atoms with E-state index in [1.54, 1.807) is 0 Å². The number of hydrogen-bond acceptors (Lipinski definition) is 21. The van der Waals surface area contributed by atoms with E-state index in [0.717, 1.165) is 0 Å². The predicted molar refractivity (Wildman–Crippen MR) is 134 cm³/mol. The van der Waals surface area contributed by atoms with Gasteiger partial charge in [-0.05, 0) is 0 Å². The lowest BCUT2D eigenvalue weighted by Crippen LogP contribution is -2.67. The molecule has 0 amide bonds. The normalized spacial score (nSPS) is 54.6. The van der Waals surface area contributed by atoms with E-state index in [4.69, 9.17) is 28.4 Å². The third kappa shape index (κ3) is 7.44. The summed E-state index contributed by atoms with van der Waals surface area (Å²) < 4.78 is 32.1. The quantitative estimate of drug-likeness (QED) is 0.109. The molecular weight excluding hydrogens is 624 g/mol. The minimum Gasteiger partial charge on any atom is -0.394 e. The van der Waals surface area contributed by atoms with Gasteiger partial charge in [0, 0.05) is 0 Å². The van der Waals surface area contributed by atoms with Crippen molar-refractivity contribution in [3.8, 4) is 0 Å². The molecule has 45 heavy (non-hydrogen) atoms. The van der Waals surface area contributed by atoms with Gasteiger partial charge in [-0.3, -0.25) is 0 Å². The summed E-state index contributed by atoms with van der Waals surface area (Å²) in [7, 11) is 0. The summed E-state index contributed by atoms with van der Waals surface area (Å²) >= 11 is 0. The minimum atomic E-state index is -2.01. The summed E-state index contributed by atoms with van der Waals surface area (Å²) in [6.07, 6.45) is -38.1. The second-order valence-corrected chi connectivity index (χ2v) is 11.4. The van der Waals surface area contributed by atoms with E-state index in [1.807, 2.05) is 0 Å². The van der Waals surface area contributed by atoms with Crippen molar-refractivity contribution in [2.75, 3.05) is 19.8 Å². The van der Waals surface area contributed by atoms with Gasteiger partial charge in [0.05, 0.1) is 19.8 Å². The van der Waals surface area contributed by atoms with Gasteiger partial charge in [0.1, 0.15) is 110 Å². The van der Waals surface area contributed by atoms with Gasteiger partial charge >= 0.3 is 0 Å². The van der Waals surface area contributed by atoms with Gasteiger partial charge in [0.15, 0.2) is 18.9 Å². The number of ether oxygens (including phenoxy) is 6. The van der Waals surface area contributed by atoms with Crippen LogP contribution in [0.25, 0.3) is 0 Å². The molecule has 0 aromatic carbocycles. The number of aliphatic hydroxyl groups is 15. The molecule has 3 saturated heterocycles. The topological polar surface area (TPSA) is 359 Å². The first-order valence-electron chi connectivity index (χ1n) is 14.1. The highest BCUT2D eigenvalue weighted by Crippen LogP contribution is 2.31. The standard InChI is InChI=1S/C24H42O21/c25-1-4-7(26)10(29)18(37)22(42-4)40-2-5-8(27)11(30)19(38)23(43-5)41-3-6-9(28)12(31)20(39)24(44-6)45-21-16(35)14(33)13(32)15(34)17(21)36/h4-39H,1-3H2/t4?,5?,6?,7-,8-,9-,10?,11?,12?,13?,14-,15?,16?,17+,18?,19?,20?,21?,22+,23+,24-/m0/s1. The third-order valence-electron chi connectivity index (χ3n) is 8.40. The van der Waals surface area contributed by atoms with Crippen LogP contribution in [-0.4, -0.2) is 225 Å². The van der Waals surface area contributed by atoms with Crippen LogP contribution in [0.4, 0.5) is 0 Å². The smallest absolute Gasteiger partial charge is 0.187 e. The zero-order valence-corrected chi connectivity index (χ0v) is 23.4. The minimum absolute atomic E-state index is 0.657. The molecule has 4 rings (SSSR count). The maximum Gasteiger partial charge on any atom is 0.187 e. The summed E-state index contributed by atoms with van der Waals surface area (Å²) in [5, 5.41) is 152. The molecule has 13 unspecified atom stereocenters. The highest BCUT2D eigenvalue weighted by Gasteiger charge is 2.53. The molecule has 0 spiro atoms. The molecule has 0 aromatic heterocycles. The van der Waals surface area contributed by atoms with Gasteiger partial charge in [-0.25, -0.2) is 0 Å². The zero-order valence-electron chi connectivity index (χ0n) is 23.4. The Kier molecular flexibility index (Phi) is 12.5. The Morgan fingerprint density at radius 1 is 0.356 bits per heavy atom. The molecule has 21 atom stereocenters. The fraction of sp³-hybridized carbons (Fsp3) is 1.00. The Hall–Kier alpha value is -0.840. The van der Waals surface area contributed by atoms with Crippen LogP contribution in [0, 0.1) is 0 Å². The number of rotatable bonds is 9. The van der Waals surface area contributed by atoms with Crippen LogP contribution in [0.2, 0.25) is 0 Å². The zero-order chi connectivity index (χ0) is 33.5. The van der Waals surface area contributed by atoms with Crippen molar-refractivity contribution in [1.29, 1.82) is 0 Å². The van der Waals surface area contributed by atoms with Crippen molar-refractivity contribution in [3.63, 3.8) is 0 Å². The van der Waals surface area contributed by atoms with Crippen LogP contribution in [0.3, 0.4) is 0 Å². The lowest BCUT2D eigenvalue weighted by molar-refractivity contribution is -0.354. The molecular formula is C24H42O21. The summed E-state index contributed by atoms with van der Waals surface area (Å²) in [6.45, 7) is -2.15. The van der Waals surface area contributed by atoms with Gasteiger partial charge in [-0.2, -0.15) is 0 Å². The van der Waals surface area contributed by atoms with Crippen LogP contribution in [0.1, 0.15) is 0 Å². The molecule has 264 valence electrons. The van der Waals surface area contributed by atoms with Crippen molar-refractivity contribution >= 4 is 0 Å². The fourth-order valence-corrected chi connectivity index (χ4v) is 5.46. The van der Waals surface area contributed by atoms with Gasteiger partial charge in [0.25, 0.3) is 0 Å². The maximum atomic E-state index is 10.4. The van der Waals surface area contributed by atoms with E-state index in [-0.39, 0.29) is 0 Å². The highest BCUT2D eigenvalue weighted by atomic mass is 16.7. The molecule has 4 aliphatic rings. The summed E-state index contributed by atoms with van der Waals surface area (Å²) in [5.41, 5.74) is 0. The van der Waals surface area contributed by atoms with Crippen molar-refractivity contribution in [2.24, 2.45) is 0 Å². The van der Waals surface area contributed by atoms with Crippen molar-refractivity contribution in [1.82, 2.24) is 0 Å². The van der Waals surface area contributed by atoms with Crippen molar-refractivity contribution in [3.05, 3.63) is 0 Å². The lowest BCUT2D eigenvalue weighted by atomic mass is 9.84. The van der Waals surface area contributed by atoms with Gasteiger partial charge < -0.3 is 105 Å². The fourth-order valence-electron chi connectivity index (χ4n) is 5.46. The molecule has 21 nitrogen and oxygen atoms in total. The number of aliphatic hydroxyl groups excluding tert-OH is 15. The average Bonchev–Trinajstić information content (AvgIpc) is 3.03. The maximum absolute atomic E-state index is 10.4. The molecule has 1 aliphatic carbocycles. The van der Waals surface area contributed by atoms with Crippen LogP contribution >= 0.6 is 0 Å². The van der Waals surface area contributed by atoms with E-state index in [0.29, 0.717) is 0 Å². The first kappa shape index (κ1) is 37.0. The Balaban J connectivity index is 1.38. The van der Waals surface area contributed by atoms with E-state index >= 15 is 0 Å². The molecule has 15 N–H and O–H groups in total. The summed E-state index contributed by atoms with van der Waals surface area (Å²) in [5.74, 6) is 0. The Labute approximate surface area is 254 Å². The van der Waals surface area contributed by atoms with E-state index < -0.39 is 149 Å². The van der Waals surface area contributed by atoms with E-state index in [2.05, 4.69) is 0 Å². The van der Waals surface area contributed by atoms with Crippen molar-refractivity contribution < 1.29 is 105 Å². The summed E-state index contributed by atoms with van der Waals surface area (Å²) in [4.78, 5) is 0. The van der Waals surface area contributed by atoms with Gasteiger partial charge in [0.2, 0.25) is 0 Å². The van der Waals surface area contributed by atoms with Crippen molar-refractivity contribution in [2.45, 2.75) is 129 Å². The van der Waals surface area contributed by atoms with E-state index in [1.165, 1.54) is 0 Å². The first-order valence-corrected chi connectivity index (χ1v) is 14.1. The Morgan fingerprint density at radius 3 is 1.09 bits per heavy atom. The lowest BCUT2D eigenvalue weighted by Gasteiger charge is -2.46. The SMILES string of the molecule is OCC1O[C@@H](OCC2O[C@@H](OCC3O[C@@H](OC4C(O)[C@@H](O)C(O)C(O)[C@H]4O)C(O)C(O)[C@H]3O)C(O)C(O)[C@H]2O)C(O)C(O)[C@H]1O. The monoisotopic (exact) mass is 666 g/mol. The second-order valence-electron chi connectivity index (χ2n) is 11.4. The molecule has 21 heteroatoms. The molecule has 3 heterocycles. The predicted octanol–water partition coefficient (Wildman–Crippen LogP) is -10.4. The van der Waals surface area contributed by atoms with Crippen LogP contribution in [0.5, 0.6) is 0 Å². The molecule has 0 bridgehead atoms. The average molecular weight is 667 g/mol. The largest absolute Gasteiger partial charge is 0.394 e. The molecule has 1 saturated carbocycles. The summed E-state index contributed by atoms with van der Waals surface area (Å²) in [6, 6.07) is 0. The third-order valence-corrected chi connectivity index (χ3v) is 8.40. The number of hydrogen-bond donors (Lipinski definition) is 15. The molecule has 4 fully saturated rings. The first-order chi connectivity index (χ1) is 21.1. The van der Waals surface area contributed by atoms with Crippen LogP contribution in [-0.2, 0) is 28.4 Å². The van der Waals surface area contributed by atoms with Gasteiger partial charge in [-0.15, -0.1) is 0 Å². The molecule has 3 aliphatic heterocycles. The van der Waals surface area contributed by atoms with Crippen LogP contribution in [0.15, 0.2) is 0 Å². The van der Waals surface area contributed by atoms with E-state index in [9.17, 15) is 76.6 Å². The molecule has 0 radical (unpaired) electrons. The Bertz CT molecular complexity index is 915. The second kappa shape index (κ2) is 15.1. The van der Waals surface area contributed by atoms with Gasteiger partial charge in [-0.1, -0.05) is 0 Å². The molecule has 0 aromatic rings. The van der Waals surface area contributed by atoms with Crippen LogP contribution < -0.4 is 0 Å². The Morgan fingerprint density at radius 2 is 0.667 bits per heavy atom. The highest BCUT2D eigenvalue weighted by molar-refractivity contribution is 5.01.